The van der Waals surface area contributed by atoms with E-state index in [0.29, 0.717) is 0 Å². The Kier molecular flexibility index (Phi) is 3.64. The van der Waals surface area contributed by atoms with E-state index in [1.807, 2.05) is 0 Å². The molecule has 1 rings (SSSR count). The average Bonchev–Trinajstić information content (AvgIpc) is 2.20. The van der Waals surface area contributed by atoms with Crippen molar-refractivity contribution < 1.29 is 4.74 Å². The SMILES string of the molecule is CCOC1=CCC(C)C(C)CC1. The summed E-state index contributed by atoms with van der Waals surface area (Å²) < 4.78 is 5.52. The Labute approximate surface area is 75.8 Å². The highest BCUT2D eigenvalue weighted by molar-refractivity contribution is 4.97. The van der Waals surface area contributed by atoms with E-state index in [4.69, 9.17) is 4.74 Å². The molecule has 0 heterocycles. The summed E-state index contributed by atoms with van der Waals surface area (Å²) in [5, 5.41) is 0. The van der Waals surface area contributed by atoms with Gasteiger partial charge in [0.2, 0.25) is 0 Å². The van der Waals surface area contributed by atoms with E-state index in [1.165, 1.54) is 18.6 Å². The molecule has 0 radical (unpaired) electrons. The quantitative estimate of drug-likeness (QED) is 0.614. The van der Waals surface area contributed by atoms with Crippen LogP contribution in [0.1, 0.15) is 40.0 Å². The van der Waals surface area contributed by atoms with Crippen LogP contribution in [-0.4, -0.2) is 6.61 Å². The van der Waals surface area contributed by atoms with Crippen molar-refractivity contribution in [3.8, 4) is 0 Å². The minimum absolute atomic E-state index is 0.814. The number of hydrogen-bond donors (Lipinski definition) is 0. The van der Waals surface area contributed by atoms with Gasteiger partial charge in [-0.2, -0.15) is 0 Å². The van der Waals surface area contributed by atoms with Gasteiger partial charge in [-0.3, -0.25) is 0 Å². The van der Waals surface area contributed by atoms with Crippen LogP contribution in [0.15, 0.2) is 11.8 Å². The minimum atomic E-state index is 0.814. The maximum atomic E-state index is 5.52. The monoisotopic (exact) mass is 168 g/mol. The van der Waals surface area contributed by atoms with E-state index in [-0.39, 0.29) is 0 Å². The van der Waals surface area contributed by atoms with Crippen LogP contribution in [0, 0.1) is 11.8 Å². The van der Waals surface area contributed by atoms with Gasteiger partial charge in [0, 0.05) is 6.42 Å². The van der Waals surface area contributed by atoms with Crippen LogP contribution in [0.2, 0.25) is 0 Å². The van der Waals surface area contributed by atoms with Crippen LogP contribution in [0.3, 0.4) is 0 Å². The Hall–Kier alpha value is -0.460. The molecule has 2 unspecified atom stereocenters. The third-order valence-electron chi connectivity index (χ3n) is 2.86. The van der Waals surface area contributed by atoms with E-state index < -0.39 is 0 Å². The van der Waals surface area contributed by atoms with Gasteiger partial charge in [0.05, 0.1) is 12.4 Å². The first-order valence-corrected chi connectivity index (χ1v) is 5.05. The molecule has 0 aromatic rings. The summed E-state index contributed by atoms with van der Waals surface area (Å²) in [6.07, 6.45) is 5.89. The second-order valence-electron chi connectivity index (χ2n) is 3.83. The largest absolute Gasteiger partial charge is 0.499 e. The smallest absolute Gasteiger partial charge is 0.0920 e. The van der Waals surface area contributed by atoms with Crippen LogP contribution in [0.5, 0.6) is 0 Å². The molecular weight excluding hydrogens is 148 g/mol. The lowest BCUT2D eigenvalue weighted by Gasteiger charge is -2.14. The molecule has 0 aromatic carbocycles. The van der Waals surface area contributed by atoms with Gasteiger partial charge in [0.1, 0.15) is 0 Å². The molecule has 0 amide bonds. The van der Waals surface area contributed by atoms with E-state index in [9.17, 15) is 0 Å². The van der Waals surface area contributed by atoms with Gasteiger partial charge >= 0.3 is 0 Å². The summed E-state index contributed by atoms with van der Waals surface area (Å²) in [5.74, 6) is 2.89. The third-order valence-corrected chi connectivity index (χ3v) is 2.86. The first-order valence-electron chi connectivity index (χ1n) is 5.05. The van der Waals surface area contributed by atoms with Crippen molar-refractivity contribution in [3.05, 3.63) is 11.8 Å². The second-order valence-corrected chi connectivity index (χ2v) is 3.83. The fourth-order valence-electron chi connectivity index (χ4n) is 1.62. The molecule has 0 bridgehead atoms. The molecule has 0 aliphatic heterocycles. The summed E-state index contributed by atoms with van der Waals surface area (Å²) in [7, 11) is 0. The summed E-state index contributed by atoms with van der Waals surface area (Å²) >= 11 is 0. The minimum Gasteiger partial charge on any atom is -0.499 e. The maximum Gasteiger partial charge on any atom is 0.0920 e. The first kappa shape index (κ1) is 9.63. The van der Waals surface area contributed by atoms with E-state index in [2.05, 4.69) is 26.8 Å². The molecule has 2 atom stereocenters. The molecule has 1 aliphatic carbocycles. The molecule has 1 nitrogen and oxygen atoms in total. The summed E-state index contributed by atoms with van der Waals surface area (Å²) in [6.45, 7) is 7.54. The van der Waals surface area contributed by atoms with Crippen LogP contribution >= 0.6 is 0 Å². The first-order chi connectivity index (χ1) is 5.74. The van der Waals surface area contributed by atoms with Gasteiger partial charge < -0.3 is 4.74 Å². The number of hydrogen-bond acceptors (Lipinski definition) is 1. The molecule has 0 spiro atoms. The summed E-state index contributed by atoms with van der Waals surface area (Å²) in [5.41, 5.74) is 0. The molecule has 1 heteroatoms. The Balaban J connectivity index is 2.46. The van der Waals surface area contributed by atoms with E-state index >= 15 is 0 Å². The third kappa shape index (κ3) is 2.54. The number of allylic oxidation sites excluding steroid dienone is 2. The molecule has 0 fully saturated rings. The van der Waals surface area contributed by atoms with Crippen LogP contribution in [0.4, 0.5) is 0 Å². The summed E-state index contributed by atoms with van der Waals surface area (Å²) in [4.78, 5) is 0. The zero-order valence-corrected chi connectivity index (χ0v) is 8.47. The van der Waals surface area contributed by atoms with Crippen molar-refractivity contribution in [1.29, 1.82) is 0 Å². The van der Waals surface area contributed by atoms with Crippen LogP contribution < -0.4 is 0 Å². The molecule has 1 aliphatic rings. The lowest BCUT2D eigenvalue weighted by molar-refractivity contribution is 0.214. The zero-order valence-electron chi connectivity index (χ0n) is 8.47. The van der Waals surface area contributed by atoms with Crippen molar-refractivity contribution in [2.45, 2.75) is 40.0 Å². The molecule has 0 N–H and O–H groups in total. The predicted octanol–water partition coefficient (Wildman–Crippen LogP) is 3.36. The van der Waals surface area contributed by atoms with E-state index in [1.54, 1.807) is 0 Å². The Morgan fingerprint density at radius 3 is 2.83 bits per heavy atom. The Morgan fingerprint density at radius 2 is 2.17 bits per heavy atom. The lowest BCUT2D eigenvalue weighted by atomic mass is 9.91. The van der Waals surface area contributed by atoms with Crippen molar-refractivity contribution in [2.24, 2.45) is 11.8 Å². The number of rotatable bonds is 2. The highest BCUT2D eigenvalue weighted by Crippen LogP contribution is 2.27. The van der Waals surface area contributed by atoms with Crippen molar-refractivity contribution in [3.63, 3.8) is 0 Å². The van der Waals surface area contributed by atoms with Gasteiger partial charge in [-0.1, -0.05) is 13.8 Å². The number of ether oxygens (including phenoxy) is 1. The molecule has 0 aromatic heterocycles. The summed E-state index contributed by atoms with van der Waals surface area (Å²) in [6, 6.07) is 0. The Morgan fingerprint density at radius 1 is 1.42 bits per heavy atom. The topological polar surface area (TPSA) is 9.23 Å². The molecule has 0 saturated carbocycles. The molecule has 70 valence electrons. The fraction of sp³-hybridized carbons (Fsp3) is 0.818. The van der Waals surface area contributed by atoms with Gasteiger partial charge in [0.15, 0.2) is 0 Å². The molecule has 12 heavy (non-hydrogen) atoms. The fourth-order valence-corrected chi connectivity index (χ4v) is 1.62. The highest BCUT2D eigenvalue weighted by Gasteiger charge is 2.15. The zero-order chi connectivity index (χ0) is 8.97. The molecule has 0 saturated heterocycles. The average molecular weight is 168 g/mol. The molecular formula is C11H20O. The van der Waals surface area contributed by atoms with Gasteiger partial charge in [-0.15, -0.1) is 0 Å². The highest BCUT2D eigenvalue weighted by atomic mass is 16.5. The Bertz CT molecular complexity index is 160. The predicted molar refractivity (Wildman–Crippen MR) is 51.9 cm³/mol. The van der Waals surface area contributed by atoms with Crippen molar-refractivity contribution in [1.82, 2.24) is 0 Å². The van der Waals surface area contributed by atoms with Gasteiger partial charge in [-0.05, 0) is 37.7 Å². The normalized spacial score (nSPS) is 30.8. The van der Waals surface area contributed by atoms with Gasteiger partial charge in [-0.25, -0.2) is 0 Å². The van der Waals surface area contributed by atoms with Crippen LogP contribution in [-0.2, 0) is 4.74 Å². The van der Waals surface area contributed by atoms with Crippen molar-refractivity contribution in [2.75, 3.05) is 6.61 Å². The van der Waals surface area contributed by atoms with Crippen LogP contribution in [0.25, 0.3) is 0 Å². The van der Waals surface area contributed by atoms with Crippen molar-refractivity contribution >= 4 is 0 Å². The lowest BCUT2D eigenvalue weighted by Crippen LogP contribution is -2.04. The standard InChI is InChI=1S/C11H20O/c1-4-12-11-7-5-9(2)10(3)6-8-11/h7,9-10H,4-6,8H2,1-3H3. The second kappa shape index (κ2) is 4.54. The van der Waals surface area contributed by atoms with E-state index in [0.717, 1.165) is 24.9 Å². The van der Waals surface area contributed by atoms with Gasteiger partial charge in [0.25, 0.3) is 0 Å². The maximum absolute atomic E-state index is 5.52.